The van der Waals surface area contributed by atoms with Gasteiger partial charge < -0.3 is 0 Å². The molecule has 0 aliphatic carbocycles. The predicted octanol–water partition coefficient (Wildman–Crippen LogP) is 17.9. The van der Waals surface area contributed by atoms with E-state index in [9.17, 15) is 0 Å². The Morgan fingerprint density at radius 2 is 0.800 bits per heavy atom. The van der Waals surface area contributed by atoms with Crippen molar-refractivity contribution in [1.82, 2.24) is 15.0 Å². The summed E-state index contributed by atoms with van der Waals surface area (Å²) in [5.41, 5.74) is 21.8. The SMILES string of the molecule is CC(C)(C)c1cccc(-c2cc(-c3ccc(-c4ccccc4)cc3)c(-c3ccccc3-c3cc(CCc4ccc(-c5cccc(Br)c5)nc4)cc(CCc4ccc(-c5cccc(Br)c5)nc4)c3)cn2)c1. The Bertz CT molecular complexity index is 3300. The average Bonchev–Trinajstić information content (AvgIpc) is 3.40. The van der Waals surface area contributed by atoms with Crippen molar-refractivity contribution < 1.29 is 0 Å². The lowest BCUT2D eigenvalue weighted by Gasteiger charge is -2.20. The van der Waals surface area contributed by atoms with E-state index in [1.807, 2.05) is 24.5 Å². The largest absolute Gasteiger partial charge is 0.256 e. The first-order valence-corrected chi connectivity index (χ1v) is 25.6. The van der Waals surface area contributed by atoms with E-state index in [1.54, 1.807) is 0 Å². The fourth-order valence-electron chi connectivity index (χ4n) is 9.22. The van der Waals surface area contributed by atoms with Gasteiger partial charge in [0.05, 0.1) is 17.1 Å². The second kappa shape index (κ2) is 20.9. The first-order chi connectivity index (χ1) is 34.1. The third-order valence-corrected chi connectivity index (χ3v) is 14.1. The molecule has 0 unspecified atom stereocenters. The zero-order valence-corrected chi connectivity index (χ0v) is 42.9. The zero-order chi connectivity index (χ0) is 48.0. The summed E-state index contributed by atoms with van der Waals surface area (Å²) in [4.78, 5) is 15.0. The van der Waals surface area contributed by atoms with Crippen molar-refractivity contribution in [3.05, 3.63) is 256 Å². The van der Waals surface area contributed by atoms with Crippen molar-refractivity contribution >= 4 is 31.9 Å². The van der Waals surface area contributed by atoms with E-state index in [0.29, 0.717) is 0 Å². The first kappa shape index (κ1) is 46.7. The molecule has 0 amide bonds. The topological polar surface area (TPSA) is 38.7 Å². The van der Waals surface area contributed by atoms with Gasteiger partial charge in [-0.25, -0.2) is 0 Å². The van der Waals surface area contributed by atoms with E-state index in [0.717, 1.165) is 90.7 Å². The van der Waals surface area contributed by atoms with Gasteiger partial charge in [-0.2, -0.15) is 0 Å². The lowest BCUT2D eigenvalue weighted by atomic mass is 9.85. The Kier molecular flexibility index (Phi) is 13.9. The normalized spacial score (nSPS) is 11.4. The quantitative estimate of drug-likeness (QED) is 0.116. The van der Waals surface area contributed by atoms with Crippen LogP contribution in [0.5, 0.6) is 0 Å². The first-order valence-electron chi connectivity index (χ1n) is 24.0. The summed E-state index contributed by atoms with van der Waals surface area (Å²) >= 11 is 7.23. The Morgan fingerprint density at radius 3 is 1.36 bits per heavy atom. The third-order valence-electron chi connectivity index (χ3n) is 13.1. The van der Waals surface area contributed by atoms with Crippen molar-refractivity contribution in [3.63, 3.8) is 0 Å². The highest BCUT2D eigenvalue weighted by Crippen LogP contribution is 2.41. The molecular weight excluding hydrogens is 983 g/mol. The van der Waals surface area contributed by atoms with Gasteiger partial charge in [-0.05, 0) is 146 Å². The molecule has 0 saturated heterocycles. The van der Waals surface area contributed by atoms with Gasteiger partial charge in [0.1, 0.15) is 0 Å². The highest BCUT2D eigenvalue weighted by molar-refractivity contribution is 9.10. The van der Waals surface area contributed by atoms with Crippen LogP contribution in [-0.2, 0) is 31.1 Å². The molecule has 0 fully saturated rings. The number of aromatic nitrogens is 3. The number of hydrogen-bond acceptors (Lipinski definition) is 3. The van der Waals surface area contributed by atoms with Crippen molar-refractivity contribution in [2.75, 3.05) is 0 Å². The fraction of sp³-hybridized carbons (Fsp3) is 0.123. The van der Waals surface area contributed by atoms with Crippen LogP contribution >= 0.6 is 31.9 Å². The smallest absolute Gasteiger partial charge is 0.0708 e. The van der Waals surface area contributed by atoms with E-state index in [4.69, 9.17) is 15.0 Å². The standard InChI is InChI=1S/C65H53Br2N3/c1-65(2,3)55-17-9-14-51(37-55)64-40-60(50-30-28-49(29-31-50)48-12-5-4-6-13-48)61(43-70-64)59-21-8-7-20-58(59)54-35-46(24-22-44-26-32-62(68-41-44)52-15-10-18-56(66)38-52)34-47(36-54)25-23-45-27-33-63(69-42-45)53-16-11-19-57(67)39-53/h4-21,26-43H,22-25H2,1-3H3. The van der Waals surface area contributed by atoms with Crippen molar-refractivity contribution in [3.8, 4) is 78.3 Å². The highest BCUT2D eigenvalue weighted by Gasteiger charge is 2.19. The molecule has 0 atom stereocenters. The molecule has 5 heteroatoms. The van der Waals surface area contributed by atoms with E-state index in [2.05, 4.69) is 247 Å². The molecule has 342 valence electrons. The van der Waals surface area contributed by atoms with Crippen LogP contribution in [0.2, 0.25) is 0 Å². The lowest BCUT2D eigenvalue weighted by Crippen LogP contribution is -2.10. The Morgan fingerprint density at radius 1 is 0.314 bits per heavy atom. The fourth-order valence-corrected chi connectivity index (χ4v) is 10.0. The van der Waals surface area contributed by atoms with Crippen LogP contribution in [0, 0.1) is 0 Å². The van der Waals surface area contributed by atoms with E-state index >= 15 is 0 Å². The van der Waals surface area contributed by atoms with Crippen LogP contribution in [-0.4, -0.2) is 15.0 Å². The van der Waals surface area contributed by atoms with Gasteiger partial charge in [0.15, 0.2) is 0 Å². The second-order valence-corrected chi connectivity index (χ2v) is 20.9. The monoisotopic (exact) mass is 1030 g/mol. The molecule has 3 aromatic heterocycles. The number of rotatable bonds is 13. The average molecular weight is 1040 g/mol. The molecule has 3 heterocycles. The molecule has 0 saturated carbocycles. The predicted molar refractivity (Wildman–Crippen MR) is 300 cm³/mol. The van der Waals surface area contributed by atoms with Crippen LogP contribution in [0.3, 0.4) is 0 Å². The summed E-state index contributed by atoms with van der Waals surface area (Å²) in [5.74, 6) is 0. The maximum absolute atomic E-state index is 5.24. The minimum absolute atomic E-state index is 0.0157. The molecule has 3 nitrogen and oxygen atoms in total. The van der Waals surface area contributed by atoms with Crippen molar-refractivity contribution in [2.45, 2.75) is 51.9 Å². The maximum Gasteiger partial charge on any atom is 0.0708 e. The Labute approximate surface area is 429 Å². The minimum Gasteiger partial charge on any atom is -0.256 e. The molecule has 0 bridgehead atoms. The van der Waals surface area contributed by atoms with Crippen LogP contribution < -0.4 is 0 Å². The summed E-state index contributed by atoms with van der Waals surface area (Å²) < 4.78 is 2.09. The molecule has 0 N–H and O–H groups in total. The zero-order valence-electron chi connectivity index (χ0n) is 39.7. The van der Waals surface area contributed by atoms with Gasteiger partial charge in [-0.1, -0.05) is 204 Å². The maximum atomic E-state index is 5.24. The molecule has 0 aliphatic heterocycles. The number of halogens is 2. The number of aryl methyl sites for hydroxylation is 4. The van der Waals surface area contributed by atoms with Crippen LogP contribution in [0.25, 0.3) is 78.3 Å². The van der Waals surface area contributed by atoms with Gasteiger partial charge in [-0.3, -0.25) is 15.0 Å². The van der Waals surface area contributed by atoms with E-state index < -0.39 is 0 Å². The Hall–Kier alpha value is -7.05. The lowest BCUT2D eigenvalue weighted by molar-refractivity contribution is 0.590. The number of benzene rings is 7. The highest BCUT2D eigenvalue weighted by atomic mass is 79.9. The molecule has 7 aromatic carbocycles. The molecule has 0 aliphatic rings. The molecule has 0 radical (unpaired) electrons. The summed E-state index contributed by atoms with van der Waals surface area (Å²) in [6.45, 7) is 6.79. The summed E-state index contributed by atoms with van der Waals surface area (Å²) in [7, 11) is 0. The van der Waals surface area contributed by atoms with Gasteiger partial charge in [0.25, 0.3) is 0 Å². The van der Waals surface area contributed by atoms with Gasteiger partial charge in [0.2, 0.25) is 0 Å². The van der Waals surface area contributed by atoms with Gasteiger partial charge >= 0.3 is 0 Å². The van der Waals surface area contributed by atoms with E-state index in [1.165, 1.54) is 50.1 Å². The number of pyridine rings is 3. The summed E-state index contributed by atoms with van der Waals surface area (Å²) in [5, 5.41) is 0. The molecule has 10 aromatic rings. The molecule has 0 spiro atoms. The van der Waals surface area contributed by atoms with Crippen LogP contribution in [0.15, 0.2) is 228 Å². The third kappa shape index (κ3) is 11.0. The van der Waals surface area contributed by atoms with Crippen molar-refractivity contribution in [1.29, 1.82) is 0 Å². The van der Waals surface area contributed by atoms with Crippen molar-refractivity contribution in [2.24, 2.45) is 0 Å². The van der Waals surface area contributed by atoms with Crippen LogP contribution in [0.4, 0.5) is 0 Å². The minimum atomic E-state index is 0.0157. The summed E-state index contributed by atoms with van der Waals surface area (Å²) in [6, 6.07) is 72.1. The molecule has 70 heavy (non-hydrogen) atoms. The summed E-state index contributed by atoms with van der Waals surface area (Å²) in [6.07, 6.45) is 9.68. The van der Waals surface area contributed by atoms with Gasteiger partial charge in [-0.15, -0.1) is 0 Å². The van der Waals surface area contributed by atoms with E-state index in [-0.39, 0.29) is 5.41 Å². The second-order valence-electron chi connectivity index (χ2n) is 19.1. The Balaban J connectivity index is 1.02. The van der Waals surface area contributed by atoms with Crippen LogP contribution in [0.1, 0.15) is 48.6 Å². The number of nitrogens with zero attached hydrogens (tertiary/aromatic N) is 3. The molecular formula is C65H53Br2N3. The number of hydrogen-bond donors (Lipinski definition) is 0. The molecule has 10 rings (SSSR count). The van der Waals surface area contributed by atoms with Gasteiger partial charge in [0, 0.05) is 49.8 Å².